The third kappa shape index (κ3) is 2.95. The smallest absolute Gasteiger partial charge is 0.265 e. The van der Waals surface area contributed by atoms with Crippen LogP contribution >= 0.6 is 11.3 Å². The van der Waals surface area contributed by atoms with Gasteiger partial charge < -0.3 is 14.8 Å². The summed E-state index contributed by atoms with van der Waals surface area (Å²) in [6.45, 7) is 1.81. The van der Waals surface area contributed by atoms with Crippen LogP contribution in [0.5, 0.6) is 0 Å². The van der Waals surface area contributed by atoms with Crippen molar-refractivity contribution in [1.29, 1.82) is 0 Å². The van der Waals surface area contributed by atoms with Crippen molar-refractivity contribution in [3.63, 3.8) is 0 Å². The van der Waals surface area contributed by atoms with Crippen molar-refractivity contribution in [2.75, 3.05) is 5.32 Å². The van der Waals surface area contributed by atoms with Crippen LogP contribution in [-0.4, -0.2) is 11.0 Å². The van der Waals surface area contributed by atoms with Gasteiger partial charge in [0, 0.05) is 11.3 Å². The van der Waals surface area contributed by atoms with Crippen LogP contribution in [0.4, 0.5) is 5.69 Å². The van der Waals surface area contributed by atoms with Crippen molar-refractivity contribution >= 4 is 22.9 Å². The van der Waals surface area contributed by atoms with Crippen LogP contribution in [0.15, 0.2) is 52.3 Å². The van der Waals surface area contributed by atoms with E-state index in [9.17, 15) is 4.79 Å². The molecule has 0 saturated carbocycles. The molecule has 0 radical (unpaired) electrons. The fraction of sp³-hybridized carbons (Fsp3) is 0.118. The number of carbonyl (C=O) groups is 1. The SMILES string of the molecule is Cc1ccc(-c2ccc(CO)o2)cc1NC(=O)c1cccs1. The van der Waals surface area contributed by atoms with E-state index >= 15 is 0 Å². The third-order valence-electron chi connectivity index (χ3n) is 3.33. The summed E-state index contributed by atoms with van der Waals surface area (Å²) in [5.74, 6) is 1.06. The summed E-state index contributed by atoms with van der Waals surface area (Å²) in [6.07, 6.45) is 0. The number of benzene rings is 1. The minimum atomic E-state index is -0.131. The van der Waals surface area contributed by atoms with Crippen LogP contribution in [0.25, 0.3) is 11.3 Å². The molecular weight excluding hydrogens is 298 g/mol. The highest BCUT2D eigenvalue weighted by atomic mass is 32.1. The topological polar surface area (TPSA) is 62.5 Å². The molecule has 0 fully saturated rings. The van der Waals surface area contributed by atoms with Crippen molar-refractivity contribution in [2.45, 2.75) is 13.5 Å². The number of carbonyl (C=O) groups excluding carboxylic acids is 1. The first-order chi connectivity index (χ1) is 10.7. The summed E-state index contributed by atoms with van der Waals surface area (Å²) in [5.41, 5.74) is 2.58. The molecule has 2 N–H and O–H groups in total. The van der Waals surface area contributed by atoms with Gasteiger partial charge in [-0.2, -0.15) is 0 Å². The largest absolute Gasteiger partial charge is 0.459 e. The number of aliphatic hydroxyl groups is 1. The van der Waals surface area contributed by atoms with E-state index in [0.717, 1.165) is 16.8 Å². The maximum absolute atomic E-state index is 12.2. The fourth-order valence-electron chi connectivity index (χ4n) is 2.12. The van der Waals surface area contributed by atoms with Crippen molar-refractivity contribution in [1.82, 2.24) is 0 Å². The van der Waals surface area contributed by atoms with Gasteiger partial charge in [0.1, 0.15) is 18.1 Å². The van der Waals surface area contributed by atoms with Crippen LogP contribution in [0.3, 0.4) is 0 Å². The lowest BCUT2D eigenvalue weighted by molar-refractivity contribution is 0.103. The van der Waals surface area contributed by atoms with Crippen molar-refractivity contribution < 1.29 is 14.3 Å². The lowest BCUT2D eigenvalue weighted by atomic mass is 10.1. The number of aliphatic hydroxyl groups excluding tert-OH is 1. The Kier molecular flexibility index (Phi) is 4.09. The molecule has 2 aromatic heterocycles. The monoisotopic (exact) mass is 313 g/mol. The average Bonchev–Trinajstić information content (AvgIpc) is 3.20. The molecule has 22 heavy (non-hydrogen) atoms. The van der Waals surface area contributed by atoms with Gasteiger partial charge in [-0.05, 0) is 42.1 Å². The van der Waals surface area contributed by atoms with Gasteiger partial charge in [0.25, 0.3) is 5.91 Å². The molecule has 0 aliphatic carbocycles. The molecule has 3 aromatic rings. The normalized spacial score (nSPS) is 10.6. The van der Waals surface area contributed by atoms with E-state index in [4.69, 9.17) is 9.52 Å². The van der Waals surface area contributed by atoms with E-state index in [1.165, 1.54) is 11.3 Å². The summed E-state index contributed by atoms with van der Waals surface area (Å²) in [5, 5.41) is 13.9. The van der Waals surface area contributed by atoms with Gasteiger partial charge in [-0.1, -0.05) is 18.2 Å². The number of anilines is 1. The highest BCUT2D eigenvalue weighted by molar-refractivity contribution is 7.12. The van der Waals surface area contributed by atoms with Gasteiger partial charge in [0.05, 0.1) is 4.88 Å². The highest BCUT2D eigenvalue weighted by Crippen LogP contribution is 2.27. The molecule has 0 aliphatic rings. The van der Waals surface area contributed by atoms with E-state index in [-0.39, 0.29) is 12.5 Å². The number of thiophene rings is 1. The second kappa shape index (κ2) is 6.17. The van der Waals surface area contributed by atoms with E-state index in [0.29, 0.717) is 16.4 Å². The maximum atomic E-state index is 12.2. The minimum absolute atomic E-state index is 0.120. The van der Waals surface area contributed by atoms with Crippen molar-refractivity contribution in [2.24, 2.45) is 0 Å². The molecule has 0 spiro atoms. The zero-order valence-corrected chi connectivity index (χ0v) is 12.8. The molecule has 0 aliphatic heterocycles. The number of rotatable bonds is 4. The molecule has 0 saturated heterocycles. The lowest BCUT2D eigenvalue weighted by Crippen LogP contribution is -2.11. The van der Waals surface area contributed by atoms with Crippen LogP contribution in [0.1, 0.15) is 21.0 Å². The molecule has 5 heteroatoms. The Labute approximate surface area is 132 Å². The van der Waals surface area contributed by atoms with Crippen LogP contribution in [0.2, 0.25) is 0 Å². The Hall–Kier alpha value is -2.37. The molecular formula is C17H15NO3S. The number of amides is 1. The predicted octanol–water partition coefficient (Wildman–Crippen LogP) is 4.06. The Morgan fingerprint density at radius 2 is 2.14 bits per heavy atom. The molecule has 4 nitrogen and oxygen atoms in total. The van der Waals surface area contributed by atoms with E-state index < -0.39 is 0 Å². The number of nitrogens with one attached hydrogen (secondary N) is 1. The van der Waals surface area contributed by atoms with Gasteiger partial charge in [-0.3, -0.25) is 4.79 Å². The average molecular weight is 313 g/mol. The van der Waals surface area contributed by atoms with Crippen molar-refractivity contribution in [3.05, 3.63) is 64.0 Å². The van der Waals surface area contributed by atoms with Gasteiger partial charge in [0.2, 0.25) is 0 Å². The number of aryl methyl sites for hydroxylation is 1. The second-order valence-electron chi connectivity index (χ2n) is 4.89. The molecule has 0 unspecified atom stereocenters. The Morgan fingerprint density at radius 3 is 2.82 bits per heavy atom. The van der Waals surface area contributed by atoms with E-state index in [2.05, 4.69) is 5.32 Å². The minimum Gasteiger partial charge on any atom is -0.459 e. The molecule has 112 valence electrons. The first kappa shape index (κ1) is 14.6. The summed E-state index contributed by atoms with van der Waals surface area (Å²) in [6, 6.07) is 12.9. The number of furan rings is 1. The van der Waals surface area contributed by atoms with E-state index in [1.54, 1.807) is 18.2 Å². The maximum Gasteiger partial charge on any atom is 0.265 e. The third-order valence-corrected chi connectivity index (χ3v) is 4.20. The molecule has 3 rings (SSSR count). The van der Waals surface area contributed by atoms with Gasteiger partial charge in [0.15, 0.2) is 0 Å². The van der Waals surface area contributed by atoms with Crippen LogP contribution < -0.4 is 5.32 Å². The molecule has 1 aromatic carbocycles. The van der Waals surface area contributed by atoms with Gasteiger partial charge in [-0.25, -0.2) is 0 Å². The molecule has 0 bridgehead atoms. The summed E-state index contributed by atoms with van der Waals surface area (Å²) >= 11 is 1.40. The molecule has 0 atom stereocenters. The number of hydrogen-bond acceptors (Lipinski definition) is 4. The second-order valence-corrected chi connectivity index (χ2v) is 5.83. The van der Waals surface area contributed by atoms with Gasteiger partial charge in [-0.15, -0.1) is 11.3 Å². The summed E-state index contributed by atoms with van der Waals surface area (Å²) in [4.78, 5) is 12.8. The highest BCUT2D eigenvalue weighted by Gasteiger charge is 2.11. The van der Waals surface area contributed by atoms with Gasteiger partial charge >= 0.3 is 0 Å². The standard InChI is InChI=1S/C17H15NO3S/c1-11-4-5-12(15-7-6-13(10-19)21-15)9-14(11)18-17(20)16-3-2-8-22-16/h2-9,19H,10H2,1H3,(H,18,20). The van der Waals surface area contributed by atoms with E-state index in [1.807, 2.05) is 36.6 Å². The molecule has 1 amide bonds. The zero-order valence-electron chi connectivity index (χ0n) is 12.0. The Bertz CT molecular complexity index is 790. The fourth-order valence-corrected chi connectivity index (χ4v) is 2.74. The quantitative estimate of drug-likeness (QED) is 0.763. The van der Waals surface area contributed by atoms with Crippen LogP contribution in [-0.2, 0) is 6.61 Å². The first-order valence-electron chi connectivity index (χ1n) is 6.83. The van der Waals surface area contributed by atoms with Crippen LogP contribution in [0, 0.1) is 6.92 Å². The lowest BCUT2D eigenvalue weighted by Gasteiger charge is -2.09. The number of hydrogen-bond donors (Lipinski definition) is 2. The Balaban J connectivity index is 1.88. The molecule has 2 heterocycles. The summed E-state index contributed by atoms with van der Waals surface area (Å²) in [7, 11) is 0. The zero-order chi connectivity index (χ0) is 15.5. The predicted molar refractivity (Wildman–Crippen MR) is 87.1 cm³/mol. The Morgan fingerprint density at radius 1 is 1.27 bits per heavy atom. The summed E-state index contributed by atoms with van der Waals surface area (Å²) < 4.78 is 5.53. The first-order valence-corrected chi connectivity index (χ1v) is 7.71. The van der Waals surface area contributed by atoms with Crippen molar-refractivity contribution in [3.8, 4) is 11.3 Å².